The van der Waals surface area contributed by atoms with Crippen molar-refractivity contribution in [1.29, 1.82) is 0 Å². The lowest BCUT2D eigenvalue weighted by molar-refractivity contribution is -0.286. The van der Waals surface area contributed by atoms with E-state index in [0.29, 0.717) is 5.56 Å². The van der Waals surface area contributed by atoms with E-state index in [1.165, 1.54) is 24.3 Å². The molecule has 0 aromatic heterocycles. The maximum atomic E-state index is 12.2. The van der Waals surface area contributed by atoms with Crippen LogP contribution in [0, 0.1) is 0 Å². The Hall–Kier alpha value is -3.71. The standard InChI is InChI=1S/C21H22O12/c22-8-15-18(29)20(31-10-6-13(25)17(28)14(26)7-10)19(30)21(32-15)33-16(27)4-2-9-1-3-11(23)12(24)5-9/h1-7,15,18-26,28-30H,8H2/t15-,18-,19-,20+,21+/m1/s1. The SMILES string of the molecule is O=C(C=Cc1ccc(O)c(O)c1)O[C@@H]1O[C@H](CO)[C@@H](O)[C@H](Oc2cc(O)c(O)c(O)c2)[C@H]1O. The van der Waals surface area contributed by atoms with Gasteiger partial charge in [-0.25, -0.2) is 4.79 Å². The first kappa shape index (κ1) is 23.9. The van der Waals surface area contributed by atoms with Crippen molar-refractivity contribution in [3.05, 3.63) is 42.0 Å². The molecule has 3 rings (SSSR count). The molecule has 0 radical (unpaired) electrons. The van der Waals surface area contributed by atoms with Gasteiger partial charge in [-0.05, 0) is 23.8 Å². The highest BCUT2D eigenvalue weighted by Gasteiger charge is 2.47. The lowest BCUT2D eigenvalue weighted by Gasteiger charge is -2.41. The van der Waals surface area contributed by atoms with Crippen molar-refractivity contribution >= 4 is 12.0 Å². The predicted octanol–water partition coefficient (Wildman–Crippen LogP) is -0.342. The smallest absolute Gasteiger partial charge is 0.333 e. The lowest BCUT2D eigenvalue weighted by atomic mass is 9.99. The first-order chi connectivity index (χ1) is 15.6. The number of hydrogen-bond acceptors (Lipinski definition) is 12. The minimum Gasteiger partial charge on any atom is -0.504 e. The van der Waals surface area contributed by atoms with E-state index in [1.54, 1.807) is 0 Å². The van der Waals surface area contributed by atoms with E-state index in [-0.39, 0.29) is 11.5 Å². The lowest BCUT2D eigenvalue weighted by Crippen LogP contribution is -2.61. The van der Waals surface area contributed by atoms with Gasteiger partial charge < -0.3 is 55.1 Å². The number of rotatable bonds is 6. The van der Waals surface area contributed by atoms with Crippen LogP contribution in [0.1, 0.15) is 5.56 Å². The molecule has 0 spiro atoms. The second-order valence-electron chi connectivity index (χ2n) is 7.12. The number of aromatic hydroxyl groups is 5. The summed E-state index contributed by atoms with van der Waals surface area (Å²) < 4.78 is 15.7. The van der Waals surface area contributed by atoms with E-state index >= 15 is 0 Å². The number of carbonyl (C=O) groups excluding carboxylic acids is 1. The Bertz CT molecular complexity index is 1010. The number of phenolic OH excluding ortho intramolecular Hbond substituents is 5. The molecular weight excluding hydrogens is 444 g/mol. The normalized spacial score (nSPS) is 25.1. The number of benzene rings is 2. The number of esters is 1. The second-order valence-corrected chi connectivity index (χ2v) is 7.12. The van der Waals surface area contributed by atoms with E-state index < -0.39 is 66.3 Å². The zero-order valence-electron chi connectivity index (χ0n) is 16.8. The van der Waals surface area contributed by atoms with Crippen LogP contribution in [0.2, 0.25) is 0 Å². The predicted molar refractivity (Wildman–Crippen MR) is 109 cm³/mol. The third-order valence-corrected chi connectivity index (χ3v) is 4.78. The summed E-state index contributed by atoms with van der Waals surface area (Å²) in [5.74, 6) is -4.24. The Kier molecular flexibility index (Phi) is 7.13. The van der Waals surface area contributed by atoms with Gasteiger partial charge in [-0.15, -0.1) is 0 Å². The van der Waals surface area contributed by atoms with E-state index in [2.05, 4.69) is 0 Å². The Morgan fingerprint density at radius 3 is 2.21 bits per heavy atom. The van der Waals surface area contributed by atoms with Crippen LogP contribution in [-0.2, 0) is 14.3 Å². The molecule has 0 amide bonds. The van der Waals surface area contributed by atoms with Gasteiger partial charge in [-0.1, -0.05) is 6.07 Å². The van der Waals surface area contributed by atoms with Crippen LogP contribution in [-0.4, -0.2) is 84.1 Å². The number of carbonyl (C=O) groups is 1. The molecule has 33 heavy (non-hydrogen) atoms. The summed E-state index contributed by atoms with van der Waals surface area (Å²) in [4.78, 5) is 12.2. The quantitative estimate of drug-likeness (QED) is 0.156. The average molecular weight is 466 g/mol. The minimum absolute atomic E-state index is 0.249. The molecule has 0 saturated carbocycles. The first-order valence-electron chi connectivity index (χ1n) is 9.55. The first-order valence-corrected chi connectivity index (χ1v) is 9.55. The van der Waals surface area contributed by atoms with Crippen LogP contribution in [0.5, 0.6) is 34.5 Å². The number of ether oxygens (including phenoxy) is 3. The highest BCUT2D eigenvalue weighted by molar-refractivity contribution is 5.87. The van der Waals surface area contributed by atoms with Crippen molar-refractivity contribution in [2.24, 2.45) is 0 Å². The maximum Gasteiger partial charge on any atom is 0.333 e. The molecule has 1 aliphatic rings. The van der Waals surface area contributed by atoms with Crippen LogP contribution in [0.15, 0.2) is 36.4 Å². The van der Waals surface area contributed by atoms with Crippen LogP contribution in [0.3, 0.4) is 0 Å². The van der Waals surface area contributed by atoms with Crippen molar-refractivity contribution in [1.82, 2.24) is 0 Å². The van der Waals surface area contributed by atoms with E-state index in [4.69, 9.17) is 14.2 Å². The van der Waals surface area contributed by atoms with Crippen LogP contribution >= 0.6 is 0 Å². The summed E-state index contributed by atoms with van der Waals surface area (Å²) >= 11 is 0. The molecule has 0 bridgehead atoms. The van der Waals surface area contributed by atoms with Crippen molar-refractivity contribution < 1.29 is 59.9 Å². The van der Waals surface area contributed by atoms with Crippen LogP contribution < -0.4 is 4.74 Å². The number of phenols is 5. The molecule has 0 unspecified atom stereocenters. The van der Waals surface area contributed by atoms with Crippen molar-refractivity contribution in [3.8, 4) is 34.5 Å². The molecule has 8 N–H and O–H groups in total. The Balaban J connectivity index is 1.74. The molecule has 1 fully saturated rings. The molecular formula is C21H22O12. The van der Waals surface area contributed by atoms with Crippen molar-refractivity contribution in [2.45, 2.75) is 30.7 Å². The number of aliphatic hydroxyl groups excluding tert-OH is 3. The molecule has 1 saturated heterocycles. The molecule has 178 valence electrons. The zero-order valence-corrected chi connectivity index (χ0v) is 16.8. The zero-order chi connectivity index (χ0) is 24.3. The minimum atomic E-state index is -1.77. The summed E-state index contributed by atoms with van der Waals surface area (Å²) in [6, 6.07) is 5.64. The fraction of sp³-hybridized carbons (Fsp3) is 0.286. The molecule has 2 aromatic rings. The van der Waals surface area contributed by atoms with Gasteiger partial charge in [-0.2, -0.15) is 0 Å². The molecule has 1 heterocycles. The number of hydrogen-bond donors (Lipinski definition) is 8. The molecule has 12 nitrogen and oxygen atoms in total. The van der Waals surface area contributed by atoms with Gasteiger partial charge in [0.2, 0.25) is 12.0 Å². The summed E-state index contributed by atoms with van der Waals surface area (Å²) in [6.45, 7) is -0.726. The van der Waals surface area contributed by atoms with Gasteiger partial charge in [0.25, 0.3) is 0 Å². The van der Waals surface area contributed by atoms with Gasteiger partial charge in [0, 0.05) is 18.2 Å². The topological polar surface area (TPSA) is 207 Å². The Morgan fingerprint density at radius 2 is 1.61 bits per heavy atom. The average Bonchev–Trinajstić information content (AvgIpc) is 2.77. The van der Waals surface area contributed by atoms with Crippen molar-refractivity contribution in [2.75, 3.05) is 6.61 Å². The van der Waals surface area contributed by atoms with Gasteiger partial charge >= 0.3 is 5.97 Å². The summed E-state index contributed by atoms with van der Waals surface area (Å²) in [5, 5.41) is 77.8. The third kappa shape index (κ3) is 5.38. The highest BCUT2D eigenvalue weighted by Crippen LogP contribution is 2.39. The Labute approximate surface area is 186 Å². The van der Waals surface area contributed by atoms with E-state index in [0.717, 1.165) is 18.2 Å². The monoisotopic (exact) mass is 466 g/mol. The van der Waals surface area contributed by atoms with Gasteiger partial charge in [-0.3, -0.25) is 0 Å². The van der Waals surface area contributed by atoms with Crippen LogP contribution in [0.4, 0.5) is 0 Å². The highest BCUT2D eigenvalue weighted by atomic mass is 16.7. The molecule has 12 heteroatoms. The van der Waals surface area contributed by atoms with Gasteiger partial charge in [0.1, 0.15) is 18.0 Å². The van der Waals surface area contributed by atoms with Crippen molar-refractivity contribution in [3.63, 3.8) is 0 Å². The summed E-state index contributed by atoms with van der Waals surface area (Å²) in [5.41, 5.74) is 0.351. The van der Waals surface area contributed by atoms with E-state index in [9.17, 15) is 45.6 Å². The maximum absolute atomic E-state index is 12.2. The molecule has 2 aromatic carbocycles. The molecule has 5 atom stereocenters. The number of aliphatic hydroxyl groups is 3. The largest absolute Gasteiger partial charge is 0.504 e. The van der Waals surface area contributed by atoms with Gasteiger partial charge in [0.15, 0.2) is 35.2 Å². The van der Waals surface area contributed by atoms with Crippen LogP contribution in [0.25, 0.3) is 6.08 Å². The Morgan fingerprint density at radius 1 is 0.939 bits per heavy atom. The second kappa shape index (κ2) is 9.83. The fourth-order valence-corrected chi connectivity index (χ4v) is 3.06. The van der Waals surface area contributed by atoms with Gasteiger partial charge in [0.05, 0.1) is 6.61 Å². The summed E-state index contributed by atoms with van der Waals surface area (Å²) in [6.07, 6.45) is -5.70. The fourth-order valence-electron chi connectivity index (χ4n) is 3.06. The molecule has 1 aliphatic heterocycles. The summed E-state index contributed by atoms with van der Waals surface area (Å²) in [7, 11) is 0. The van der Waals surface area contributed by atoms with E-state index in [1.807, 2.05) is 0 Å². The molecule has 0 aliphatic carbocycles. The third-order valence-electron chi connectivity index (χ3n) is 4.78.